The standard InChI is InChI=1S/C23H24ClN5O3S/c1-11(2)27-15-8-12(4-5-13-6-7-16(24)33-13)28-21-17(15)26-10-29(21)18-14-9-23(14,22(32)25-3)20(31)19(18)30/h6-8,10-11,14,18-20,30-31H,9H2,1-3H3,(H,25,32)(H,27,28)/t14?,18-,19+,20+,23?/m1/s1. The molecule has 2 aliphatic carbocycles. The predicted molar refractivity (Wildman–Crippen MR) is 127 cm³/mol. The molecule has 5 rings (SSSR count). The maximum Gasteiger partial charge on any atom is 0.229 e. The number of rotatable bonds is 4. The van der Waals surface area contributed by atoms with Crippen LogP contribution in [-0.2, 0) is 4.79 Å². The molecule has 2 aliphatic rings. The molecule has 0 spiro atoms. The zero-order valence-electron chi connectivity index (χ0n) is 18.3. The van der Waals surface area contributed by atoms with Crippen LogP contribution in [0.25, 0.3) is 11.2 Å². The Morgan fingerprint density at radius 1 is 1.36 bits per heavy atom. The summed E-state index contributed by atoms with van der Waals surface area (Å²) in [4.78, 5) is 22.6. The lowest BCUT2D eigenvalue weighted by Gasteiger charge is -2.23. The number of amides is 1. The highest BCUT2D eigenvalue weighted by Gasteiger charge is 2.75. The first-order valence-electron chi connectivity index (χ1n) is 10.8. The molecule has 0 radical (unpaired) electrons. The van der Waals surface area contributed by atoms with Crippen LogP contribution >= 0.6 is 22.9 Å². The van der Waals surface area contributed by atoms with Gasteiger partial charge in [0.1, 0.15) is 17.3 Å². The molecule has 0 saturated heterocycles. The van der Waals surface area contributed by atoms with Gasteiger partial charge in [0.25, 0.3) is 0 Å². The highest BCUT2D eigenvalue weighted by atomic mass is 35.5. The van der Waals surface area contributed by atoms with Crippen LogP contribution in [0.5, 0.6) is 0 Å². The van der Waals surface area contributed by atoms with Gasteiger partial charge < -0.3 is 25.4 Å². The third kappa shape index (κ3) is 3.49. The number of carbonyl (C=O) groups excluding carboxylic acids is 1. The molecular formula is C23H24ClN5O3S. The lowest BCUT2D eigenvalue weighted by Crippen LogP contribution is -2.41. The van der Waals surface area contributed by atoms with Gasteiger partial charge in [-0.2, -0.15) is 0 Å². The maximum atomic E-state index is 12.5. The van der Waals surface area contributed by atoms with E-state index in [4.69, 9.17) is 16.6 Å². The average Bonchev–Trinajstić information content (AvgIpc) is 3.03. The Morgan fingerprint density at radius 3 is 2.82 bits per heavy atom. The number of nitrogens with zero attached hydrogens (tertiary/aromatic N) is 3. The number of fused-ring (bicyclic) bond motifs is 2. The summed E-state index contributed by atoms with van der Waals surface area (Å²) < 4.78 is 2.45. The smallest absolute Gasteiger partial charge is 0.229 e. The van der Waals surface area contributed by atoms with Crippen LogP contribution in [0, 0.1) is 23.2 Å². The maximum absolute atomic E-state index is 12.5. The summed E-state index contributed by atoms with van der Waals surface area (Å²) in [6.07, 6.45) is -0.127. The van der Waals surface area contributed by atoms with E-state index in [9.17, 15) is 15.0 Å². The van der Waals surface area contributed by atoms with Gasteiger partial charge in [-0.3, -0.25) is 4.79 Å². The van der Waals surface area contributed by atoms with Crippen LogP contribution in [0.3, 0.4) is 0 Å². The van der Waals surface area contributed by atoms with Gasteiger partial charge in [0, 0.05) is 19.0 Å². The lowest BCUT2D eigenvalue weighted by atomic mass is 9.98. The van der Waals surface area contributed by atoms with E-state index in [2.05, 4.69) is 27.5 Å². The molecule has 172 valence electrons. The molecule has 1 amide bonds. The normalized spacial score (nSPS) is 27.8. The molecule has 3 aromatic rings. The number of carbonyl (C=O) groups is 1. The lowest BCUT2D eigenvalue weighted by molar-refractivity contribution is -0.132. The Hall–Kier alpha value is -2.64. The minimum Gasteiger partial charge on any atom is -0.389 e. The van der Waals surface area contributed by atoms with Gasteiger partial charge in [0.05, 0.1) is 38.8 Å². The predicted octanol–water partition coefficient (Wildman–Crippen LogP) is 2.40. The van der Waals surface area contributed by atoms with Crippen molar-refractivity contribution in [2.45, 2.75) is 44.6 Å². The first-order valence-corrected chi connectivity index (χ1v) is 12.0. The van der Waals surface area contributed by atoms with Crippen molar-refractivity contribution in [3.63, 3.8) is 0 Å². The molecule has 0 aromatic carbocycles. The van der Waals surface area contributed by atoms with Gasteiger partial charge in [-0.05, 0) is 50.3 Å². The summed E-state index contributed by atoms with van der Waals surface area (Å²) in [5, 5.41) is 27.6. The molecule has 2 unspecified atom stereocenters. The zero-order valence-corrected chi connectivity index (χ0v) is 19.9. The van der Waals surface area contributed by atoms with Crippen LogP contribution in [0.4, 0.5) is 5.69 Å². The van der Waals surface area contributed by atoms with Crippen molar-refractivity contribution < 1.29 is 15.0 Å². The molecule has 0 bridgehead atoms. The number of aliphatic hydroxyl groups excluding tert-OH is 2. The summed E-state index contributed by atoms with van der Waals surface area (Å²) in [6.45, 7) is 4.06. The Labute approximate surface area is 200 Å². The Morgan fingerprint density at radius 2 is 2.15 bits per heavy atom. The van der Waals surface area contributed by atoms with Crippen molar-refractivity contribution in [3.8, 4) is 11.8 Å². The number of halogens is 1. The number of hydrogen-bond acceptors (Lipinski definition) is 7. The molecule has 10 heteroatoms. The number of thiophene rings is 1. The molecule has 0 aliphatic heterocycles. The van der Waals surface area contributed by atoms with Crippen molar-refractivity contribution in [1.82, 2.24) is 19.9 Å². The Bertz CT molecular complexity index is 1310. The minimum atomic E-state index is -1.15. The Kier molecular flexibility index (Phi) is 5.37. The number of anilines is 1. The molecule has 4 N–H and O–H groups in total. The quantitative estimate of drug-likeness (QED) is 0.422. The topological polar surface area (TPSA) is 112 Å². The van der Waals surface area contributed by atoms with E-state index in [1.807, 2.05) is 26.0 Å². The number of nitrogens with one attached hydrogen (secondary N) is 2. The molecule has 3 heterocycles. The van der Waals surface area contributed by atoms with Crippen LogP contribution in [-0.4, -0.2) is 56.0 Å². The van der Waals surface area contributed by atoms with E-state index < -0.39 is 23.7 Å². The van der Waals surface area contributed by atoms with E-state index in [1.54, 1.807) is 24.0 Å². The van der Waals surface area contributed by atoms with Gasteiger partial charge in [-0.15, -0.1) is 11.3 Å². The first-order chi connectivity index (χ1) is 15.8. The highest BCUT2D eigenvalue weighted by molar-refractivity contribution is 7.16. The van der Waals surface area contributed by atoms with Gasteiger partial charge in [0.15, 0.2) is 5.65 Å². The molecular weight excluding hydrogens is 462 g/mol. The summed E-state index contributed by atoms with van der Waals surface area (Å²) in [5.74, 6) is 5.74. The monoisotopic (exact) mass is 485 g/mol. The number of aliphatic hydroxyl groups is 2. The van der Waals surface area contributed by atoms with Crippen molar-refractivity contribution in [1.29, 1.82) is 0 Å². The van der Waals surface area contributed by atoms with E-state index in [0.717, 1.165) is 10.6 Å². The molecule has 3 aromatic heterocycles. The summed E-state index contributed by atoms with van der Waals surface area (Å²) in [5.41, 5.74) is 1.55. The summed E-state index contributed by atoms with van der Waals surface area (Å²) >= 11 is 7.40. The average molecular weight is 486 g/mol. The fourth-order valence-corrected chi connectivity index (χ4v) is 5.90. The van der Waals surface area contributed by atoms with Crippen molar-refractivity contribution >= 4 is 45.7 Å². The van der Waals surface area contributed by atoms with E-state index in [1.165, 1.54) is 11.3 Å². The van der Waals surface area contributed by atoms with Crippen LogP contribution < -0.4 is 10.6 Å². The third-order valence-corrected chi connectivity index (χ3v) is 7.65. The van der Waals surface area contributed by atoms with Crippen LogP contribution in [0.1, 0.15) is 36.9 Å². The summed E-state index contributed by atoms with van der Waals surface area (Å²) in [6, 6.07) is 5.15. The SMILES string of the molecule is CNC(=O)C12CC1[C@@H](n1cnc3c(NC(C)C)cc(C#Cc4ccc(Cl)s4)nc31)[C@H](O)[C@@H]2O. The molecule has 33 heavy (non-hydrogen) atoms. The Balaban J connectivity index is 1.60. The molecule has 2 saturated carbocycles. The van der Waals surface area contributed by atoms with Gasteiger partial charge in [-0.1, -0.05) is 11.6 Å². The van der Waals surface area contributed by atoms with Gasteiger partial charge >= 0.3 is 0 Å². The number of aromatic nitrogens is 3. The third-order valence-electron chi connectivity index (χ3n) is 6.50. The fourth-order valence-electron chi connectivity index (χ4n) is 5.00. The van der Waals surface area contributed by atoms with E-state index in [-0.39, 0.29) is 17.9 Å². The van der Waals surface area contributed by atoms with E-state index >= 15 is 0 Å². The fraction of sp³-hybridized carbons (Fsp3) is 0.435. The second-order valence-electron chi connectivity index (χ2n) is 8.89. The second-order valence-corrected chi connectivity index (χ2v) is 10.6. The molecule has 2 fully saturated rings. The molecule has 8 nitrogen and oxygen atoms in total. The first kappa shape index (κ1) is 22.2. The number of hydrogen-bond donors (Lipinski definition) is 4. The van der Waals surface area contributed by atoms with E-state index in [0.29, 0.717) is 27.6 Å². The molecule has 5 atom stereocenters. The summed E-state index contributed by atoms with van der Waals surface area (Å²) in [7, 11) is 1.54. The highest BCUT2D eigenvalue weighted by Crippen LogP contribution is 2.67. The van der Waals surface area contributed by atoms with Gasteiger partial charge in [-0.25, -0.2) is 9.97 Å². The zero-order chi connectivity index (χ0) is 23.5. The number of pyridine rings is 1. The van der Waals surface area contributed by atoms with Crippen LogP contribution in [0.2, 0.25) is 4.34 Å². The van der Waals surface area contributed by atoms with Gasteiger partial charge in [0.2, 0.25) is 5.91 Å². The number of imidazole rings is 1. The van der Waals surface area contributed by atoms with Crippen molar-refractivity contribution in [3.05, 3.63) is 39.4 Å². The largest absolute Gasteiger partial charge is 0.389 e. The minimum absolute atomic E-state index is 0.154. The second kappa shape index (κ2) is 7.99. The van der Waals surface area contributed by atoms with Crippen molar-refractivity contribution in [2.75, 3.05) is 12.4 Å². The van der Waals surface area contributed by atoms with Crippen LogP contribution in [0.15, 0.2) is 24.5 Å². The van der Waals surface area contributed by atoms with Crippen molar-refractivity contribution in [2.24, 2.45) is 11.3 Å².